The SMILES string of the molecule is CC(C)N1CCN(c2ccnc(C(=O)NC3(Cc4ccccc4)CC3)c2)CC1. The maximum atomic E-state index is 12.9. The summed E-state index contributed by atoms with van der Waals surface area (Å²) in [6.45, 7) is 8.58. The summed E-state index contributed by atoms with van der Waals surface area (Å²) in [5.74, 6) is -0.0592. The van der Waals surface area contributed by atoms with E-state index in [2.05, 4.69) is 58.2 Å². The zero-order valence-corrected chi connectivity index (χ0v) is 16.9. The van der Waals surface area contributed by atoms with Crippen molar-refractivity contribution >= 4 is 11.6 Å². The van der Waals surface area contributed by atoms with Crippen molar-refractivity contribution in [2.75, 3.05) is 31.1 Å². The summed E-state index contributed by atoms with van der Waals surface area (Å²) in [4.78, 5) is 22.1. The van der Waals surface area contributed by atoms with E-state index >= 15 is 0 Å². The molecule has 2 heterocycles. The Balaban J connectivity index is 1.40. The predicted octanol–water partition coefficient (Wildman–Crippen LogP) is 3.12. The molecule has 1 amide bonds. The minimum atomic E-state index is -0.0982. The molecule has 1 aliphatic heterocycles. The Hall–Kier alpha value is -2.40. The van der Waals surface area contributed by atoms with Crippen molar-refractivity contribution in [3.05, 3.63) is 59.9 Å². The molecule has 5 heteroatoms. The molecular formula is C23H30N4O. The van der Waals surface area contributed by atoms with Crippen LogP contribution in [0.2, 0.25) is 0 Å². The summed E-state index contributed by atoms with van der Waals surface area (Å²) in [5.41, 5.74) is 2.78. The normalized spacial score (nSPS) is 18.9. The molecule has 1 aliphatic carbocycles. The van der Waals surface area contributed by atoms with Gasteiger partial charge in [-0.25, -0.2) is 0 Å². The number of carbonyl (C=O) groups excluding carboxylic acids is 1. The van der Waals surface area contributed by atoms with Crippen molar-refractivity contribution in [1.29, 1.82) is 0 Å². The second-order valence-corrected chi connectivity index (χ2v) is 8.41. The highest BCUT2D eigenvalue weighted by molar-refractivity contribution is 5.94. The fraction of sp³-hybridized carbons (Fsp3) is 0.478. The van der Waals surface area contributed by atoms with E-state index in [1.165, 1.54) is 5.56 Å². The molecule has 0 unspecified atom stereocenters. The number of amides is 1. The molecule has 2 aromatic rings. The van der Waals surface area contributed by atoms with Gasteiger partial charge >= 0.3 is 0 Å². The van der Waals surface area contributed by atoms with Crippen LogP contribution in [0.15, 0.2) is 48.7 Å². The third kappa shape index (κ3) is 4.36. The molecule has 0 radical (unpaired) electrons. The van der Waals surface area contributed by atoms with E-state index in [-0.39, 0.29) is 11.4 Å². The first-order valence-corrected chi connectivity index (χ1v) is 10.4. The smallest absolute Gasteiger partial charge is 0.270 e. The highest BCUT2D eigenvalue weighted by atomic mass is 16.2. The molecule has 1 aromatic heterocycles. The lowest BCUT2D eigenvalue weighted by Crippen LogP contribution is -2.49. The minimum absolute atomic E-state index is 0.0592. The molecule has 5 nitrogen and oxygen atoms in total. The number of anilines is 1. The number of nitrogens with zero attached hydrogens (tertiary/aromatic N) is 3. The number of hydrogen-bond donors (Lipinski definition) is 1. The maximum Gasteiger partial charge on any atom is 0.270 e. The van der Waals surface area contributed by atoms with Gasteiger partial charge in [0.1, 0.15) is 5.69 Å². The van der Waals surface area contributed by atoms with Gasteiger partial charge in [0, 0.05) is 49.6 Å². The van der Waals surface area contributed by atoms with Gasteiger partial charge in [-0.1, -0.05) is 30.3 Å². The van der Waals surface area contributed by atoms with Crippen molar-refractivity contribution in [3.63, 3.8) is 0 Å². The Bertz CT molecular complexity index is 808. The van der Waals surface area contributed by atoms with Gasteiger partial charge in [-0.15, -0.1) is 0 Å². The van der Waals surface area contributed by atoms with Crippen LogP contribution in [0.5, 0.6) is 0 Å². The highest BCUT2D eigenvalue weighted by Crippen LogP contribution is 2.38. The van der Waals surface area contributed by atoms with E-state index < -0.39 is 0 Å². The first-order valence-electron chi connectivity index (χ1n) is 10.4. The van der Waals surface area contributed by atoms with Crippen LogP contribution in [-0.4, -0.2) is 53.6 Å². The van der Waals surface area contributed by atoms with Crippen molar-refractivity contribution in [3.8, 4) is 0 Å². The van der Waals surface area contributed by atoms with Gasteiger partial charge in [0.15, 0.2) is 0 Å². The van der Waals surface area contributed by atoms with Crippen molar-refractivity contribution < 1.29 is 4.79 Å². The topological polar surface area (TPSA) is 48.5 Å². The standard InChI is InChI=1S/C23H30N4O/c1-18(2)26-12-14-27(15-13-26)20-8-11-24-21(16-20)22(28)25-23(9-10-23)17-19-6-4-3-5-7-19/h3-8,11,16,18H,9-10,12-15,17H2,1-2H3,(H,25,28). The van der Waals surface area contributed by atoms with E-state index in [9.17, 15) is 4.79 Å². The highest BCUT2D eigenvalue weighted by Gasteiger charge is 2.44. The molecule has 2 aliphatic rings. The Labute approximate surface area is 167 Å². The summed E-state index contributed by atoms with van der Waals surface area (Å²) in [5, 5.41) is 3.26. The van der Waals surface area contributed by atoms with E-state index in [0.717, 1.165) is 51.1 Å². The van der Waals surface area contributed by atoms with Gasteiger partial charge in [0.05, 0.1) is 0 Å². The van der Waals surface area contributed by atoms with E-state index in [1.807, 2.05) is 18.2 Å². The second-order valence-electron chi connectivity index (χ2n) is 8.41. The van der Waals surface area contributed by atoms with Gasteiger partial charge in [0.2, 0.25) is 0 Å². The number of carbonyl (C=O) groups is 1. The summed E-state index contributed by atoms with van der Waals surface area (Å²) in [6, 6.07) is 14.9. The zero-order valence-electron chi connectivity index (χ0n) is 16.9. The number of benzene rings is 1. The number of nitrogens with one attached hydrogen (secondary N) is 1. The first-order chi connectivity index (χ1) is 13.5. The van der Waals surface area contributed by atoms with Gasteiger partial charge in [-0.05, 0) is 50.8 Å². The monoisotopic (exact) mass is 378 g/mol. The van der Waals surface area contributed by atoms with Gasteiger partial charge in [-0.3, -0.25) is 14.7 Å². The summed E-state index contributed by atoms with van der Waals surface area (Å²) >= 11 is 0. The van der Waals surface area contributed by atoms with Gasteiger partial charge in [0.25, 0.3) is 5.91 Å². The molecular weight excluding hydrogens is 348 g/mol. The van der Waals surface area contributed by atoms with Crippen molar-refractivity contribution in [1.82, 2.24) is 15.2 Å². The van der Waals surface area contributed by atoms with E-state index in [4.69, 9.17) is 0 Å². The molecule has 0 atom stereocenters. The molecule has 0 spiro atoms. The number of rotatable bonds is 6. The number of hydrogen-bond acceptors (Lipinski definition) is 4. The molecule has 1 saturated carbocycles. The van der Waals surface area contributed by atoms with Crippen LogP contribution >= 0.6 is 0 Å². The van der Waals surface area contributed by atoms with Crippen LogP contribution in [0.25, 0.3) is 0 Å². The molecule has 4 rings (SSSR count). The average molecular weight is 379 g/mol. The average Bonchev–Trinajstić information content (AvgIpc) is 3.47. The number of pyridine rings is 1. The summed E-state index contributed by atoms with van der Waals surface area (Å²) < 4.78 is 0. The first kappa shape index (κ1) is 18.9. The summed E-state index contributed by atoms with van der Waals surface area (Å²) in [7, 11) is 0. The van der Waals surface area contributed by atoms with Crippen LogP contribution < -0.4 is 10.2 Å². The summed E-state index contributed by atoms with van der Waals surface area (Å²) in [6.07, 6.45) is 4.71. The lowest BCUT2D eigenvalue weighted by atomic mass is 10.0. The molecule has 28 heavy (non-hydrogen) atoms. The van der Waals surface area contributed by atoms with Crippen LogP contribution in [0.4, 0.5) is 5.69 Å². The third-order valence-electron chi connectivity index (χ3n) is 6.00. The second kappa shape index (κ2) is 7.92. The largest absolute Gasteiger partial charge is 0.369 e. The Morgan fingerprint density at radius 2 is 1.82 bits per heavy atom. The molecule has 148 valence electrons. The lowest BCUT2D eigenvalue weighted by Gasteiger charge is -2.38. The fourth-order valence-electron chi connectivity index (χ4n) is 4.03. The predicted molar refractivity (Wildman–Crippen MR) is 113 cm³/mol. The Kier molecular flexibility index (Phi) is 5.36. The van der Waals surface area contributed by atoms with Crippen LogP contribution in [-0.2, 0) is 6.42 Å². The van der Waals surface area contributed by atoms with Crippen molar-refractivity contribution in [2.24, 2.45) is 0 Å². The lowest BCUT2D eigenvalue weighted by molar-refractivity contribution is 0.0926. The van der Waals surface area contributed by atoms with Crippen molar-refractivity contribution in [2.45, 2.75) is 44.7 Å². The van der Waals surface area contributed by atoms with Gasteiger partial charge < -0.3 is 10.2 Å². The fourth-order valence-corrected chi connectivity index (χ4v) is 4.03. The minimum Gasteiger partial charge on any atom is -0.369 e. The third-order valence-corrected chi connectivity index (χ3v) is 6.00. The van der Waals surface area contributed by atoms with Crippen LogP contribution in [0.1, 0.15) is 42.7 Å². The number of piperazine rings is 1. The number of aromatic nitrogens is 1. The van der Waals surface area contributed by atoms with Crippen LogP contribution in [0.3, 0.4) is 0 Å². The quantitative estimate of drug-likeness (QED) is 0.839. The zero-order chi connectivity index (χ0) is 19.6. The Morgan fingerprint density at radius 1 is 1.11 bits per heavy atom. The van der Waals surface area contributed by atoms with Gasteiger partial charge in [-0.2, -0.15) is 0 Å². The molecule has 1 aromatic carbocycles. The molecule has 2 fully saturated rings. The molecule has 1 saturated heterocycles. The van der Waals surface area contributed by atoms with Crippen LogP contribution in [0, 0.1) is 0 Å². The van der Waals surface area contributed by atoms with E-state index in [1.54, 1.807) is 6.20 Å². The van der Waals surface area contributed by atoms with E-state index in [0.29, 0.717) is 11.7 Å². The molecule has 0 bridgehead atoms. The molecule has 1 N–H and O–H groups in total. The maximum absolute atomic E-state index is 12.9. The Morgan fingerprint density at radius 3 is 2.46 bits per heavy atom.